The second-order valence-electron chi connectivity index (χ2n) is 5.81. The Balaban J connectivity index is 1.81. The van der Waals surface area contributed by atoms with Crippen molar-refractivity contribution in [2.75, 3.05) is 20.1 Å². The van der Waals surface area contributed by atoms with Crippen molar-refractivity contribution in [3.8, 4) is 0 Å². The van der Waals surface area contributed by atoms with Crippen LogP contribution in [-0.4, -0.2) is 25.0 Å². The van der Waals surface area contributed by atoms with Crippen molar-refractivity contribution in [2.24, 2.45) is 5.92 Å². The second-order valence-corrected chi connectivity index (χ2v) is 5.81. The molecule has 0 radical (unpaired) electrons. The molecule has 1 aliphatic heterocycles. The van der Waals surface area contributed by atoms with Crippen LogP contribution < -0.4 is 5.32 Å². The van der Waals surface area contributed by atoms with Gasteiger partial charge in [-0.25, -0.2) is 0 Å². The fourth-order valence-electron chi connectivity index (χ4n) is 3.11. The predicted molar refractivity (Wildman–Crippen MR) is 79.0 cm³/mol. The van der Waals surface area contributed by atoms with Crippen LogP contribution in [0.3, 0.4) is 0 Å². The lowest BCUT2D eigenvalue weighted by molar-refractivity contribution is 0.249. The maximum atomic E-state index is 5.65. The molecule has 0 aromatic carbocycles. The van der Waals surface area contributed by atoms with Crippen LogP contribution >= 0.6 is 0 Å². The van der Waals surface area contributed by atoms with Crippen molar-refractivity contribution >= 4 is 0 Å². The van der Waals surface area contributed by atoms with Gasteiger partial charge in [-0.3, -0.25) is 4.90 Å². The van der Waals surface area contributed by atoms with E-state index in [2.05, 4.69) is 23.2 Å². The number of rotatable bonds is 6. The van der Waals surface area contributed by atoms with Crippen LogP contribution in [0.25, 0.3) is 0 Å². The molecule has 0 spiro atoms. The van der Waals surface area contributed by atoms with Crippen molar-refractivity contribution in [1.29, 1.82) is 0 Å². The van der Waals surface area contributed by atoms with Gasteiger partial charge in [0, 0.05) is 12.1 Å². The molecular formula is C16H28N2O. The van der Waals surface area contributed by atoms with E-state index in [-0.39, 0.29) is 0 Å². The van der Waals surface area contributed by atoms with E-state index in [9.17, 15) is 0 Å². The Morgan fingerprint density at radius 3 is 3.05 bits per heavy atom. The first-order valence-electron chi connectivity index (χ1n) is 7.75. The molecule has 1 atom stereocenters. The molecule has 1 aromatic heterocycles. The molecule has 1 saturated heterocycles. The van der Waals surface area contributed by atoms with Crippen LogP contribution in [0.1, 0.15) is 50.4 Å². The summed E-state index contributed by atoms with van der Waals surface area (Å²) in [5.74, 6) is 2.06. The fourth-order valence-corrected chi connectivity index (χ4v) is 3.11. The number of nitrogens with one attached hydrogen (secondary N) is 1. The minimum Gasteiger partial charge on any atom is -0.468 e. The summed E-state index contributed by atoms with van der Waals surface area (Å²) in [6.45, 7) is 6.62. The molecule has 1 aliphatic rings. The van der Waals surface area contributed by atoms with Gasteiger partial charge >= 0.3 is 0 Å². The molecule has 0 amide bonds. The van der Waals surface area contributed by atoms with Gasteiger partial charge in [-0.15, -0.1) is 0 Å². The molecule has 0 saturated carbocycles. The molecule has 0 bridgehead atoms. The highest BCUT2D eigenvalue weighted by Crippen LogP contribution is 2.23. The van der Waals surface area contributed by atoms with Gasteiger partial charge in [0.25, 0.3) is 0 Å². The smallest absolute Gasteiger partial charge is 0.118 e. The summed E-state index contributed by atoms with van der Waals surface area (Å²) in [5.41, 5.74) is 1.25. The maximum absolute atomic E-state index is 5.65. The van der Waals surface area contributed by atoms with Gasteiger partial charge in [0.05, 0.1) is 12.8 Å². The molecular weight excluding hydrogens is 236 g/mol. The number of hydrogen-bond acceptors (Lipinski definition) is 3. The van der Waals surface area contributed by atoms with Crippen molar-refractivity contribution < 1.29 is 4.42 Å². The number of furan rings is 1. The molecule has 2 heterocycles. The Bertz CT molecular complexity index is 361. The van der Waals surface area contributed by atoms with E-state index in [0.29, 0.717) is 0 Å². The van der Waals surface area contributed by atoms with Gasteiger partial charge in [0.1, 0.15) is 5.76 Å². The second kappa shape index (κ2) is 7.71. The van der Waals surface area contributed by atoms with Crippen LogP contribution in [0.4, 0.5) is 0 Å². The summed E-state index contributed by atoms with van der Waals surface area (Å²) in [7, 11) is 1.97. The van der Waals surface area contributed by atoms with E-state index < -0.39 is 0 Å². The van der Waals surface area contributed by atoms with Crippen molar-refractivity contribution in [3.05, 3.63) is 23.7 Å². The molecule has 108 valence electrons. The Morgan fingerprint density at radius 1 is 1.37 bits per heavy atom. The number of likely N-dealkylation sites (tertiary alicyclic amines) is 1. The Labute approximate surface area is 117 Å². The molecule has 1 fully saturated rings. The van der Waals surface area contributed by atoms with E-state index in [1.54, 1.807) is 0 Å². The van der Waals surface area contributed by atoms with Gasteiger partial charge in [-0.05, 0) is 51.4 Å². The van der Waals surface area contributed by atoms with Crippen LogP contribution in [0.15, 0.2) is 16.7 Å². The lowest BCUT2D eigenvalue weighted by Gasteiger charge is -2.18. The minimum atomic E-state index is 0.891. The first-order valence-corrected chi connectivity index (χ1v) is 7.75. The van der Waals surface area contributed by atoms with E-state index >= 15 is 0 Å². The molecule has 1 aromatic rings. The average Bonchev–Trinajstić information content (AvgIpc) is 2.71. The third-order valence-corrected chi connectivity index (χ3v) is 4.11. The molecule has 0 aliphatic carbocycles. The summed E-state index contributed by atoms with van der Waals surface area (Å²) in [6, 6.07) is 2.19. The minimum absolute atomic E-state index is 0.891. The van der Waals surface area contributed by atoms with Crippen LogP contribution in [0.2, 0.25) is 0 Å². The highest BCUT2D eigenvalue weighted by molar-refractivity contribution is 5.12. The van der Waals surface area contributed by atoms with E-state index in [4.69, 9.17) is 4.42 Å². The number of hydrogen-bond donors (Lipinski definition) is 1. The van der Waals surface area contributed by atoms with Crippen molar-refractivity contribution in [3.63, 3.8) is 0 Å². The molecule has 19 heavy (non-hydrogen) atoms. The molecule has 3 heteroatoms. The Morgan fingerprint density at radius 2 is 2.26 bits per heavy atom. The first-order chi connectivity index (χ1) is 9.31. The van der Waals surface area contributed by atoms with Gasteiger partial charge in [-0.1, -0.05) is 19.8 Å². The van der Waals surface area contributed by atoms with E-state index in [0.717, 1.165) is 24.8 Å². The fraction of sp³-hybridized carbons (Fsp3) is 0.750. The van der Waals surface area contributed by atoms with Gasteiger partial charge in [-0.2, -0.15) is 0 Å². The third-order valence-electron chi connectivity index (χ3n) is 4.11. The third kappa shape index (κ3) is 4.66. The van der Waals surface area contributed by atoms with Gasteiger partial charge < -0.3 is 9.73 Å². The zero-order valence-electron chi connectivity index (χ0n) is 12.5. The van der Waals surface area contributed by atoms with Gasteiger partial charge in [0.2, 0.25) is 0 Å². The SMILES string of the molecule is CCCC1CCCN(Cc2cc(CNC)co2)CC1. The van der Waals surface area contributed by atoms with Crippen molar-refractivity contribution in [2.45, 2.75) is 52.1 Å². The van der Waals surface area contributed by atoms with Gasteiger partial charge in [0.15, 0.2) is 0 Å². The van der Waals surface area contributed by atoms with Crippen LogP contribution in [0, 0.1) is 5.92 Å². The lowest BCUT2D eigenvalue weighted by Crippen LogP contribution is -2.24. The number of nitrogens with zero attached hydrogens (tertiary/aromatic N) is 1. The van der Waals surface area contributed by atoms with E-state index in [1.807, 2.05) is 13.3 Å². The van der Waals surface area contributed by atoms with Crippen LogP contribution in [-0.2, 0) is 13.1 Å². The summed E-state index contributed by atoms with van der Waals surface area (Å²) >= 11 is 0. The van der Waals surface area contributed by atoms with E-state index in [1.165, 1.54) is 50.8 Å². The Kier molecular flexibility index (Phi) is 5.93. The van der Waals surface area contributed by atoms with Crippen LogP contribution in [0.5, 0.6) is 0 Å². The highest BCUT2D eigenvalue weighted by Gasteiger charge is 2.17. The normalized spacial score (nSPS) is 21.5. The maximum Gasteiger partial charge on any atom is 0.118 e. The quantitative estimate of drug-likeness (QED) is 0.853. The lowest BCUT2D eigenvalue weighted by atomic mass is 9.96. The average molecular weight is 264 g/mol. The molecule has 2 rings (SSSR count). The Hall–Kier alpha value is -0.800. The predicted octanol–water partition coefficient (Wildman–Crippen LogP) is 3.40. The zero-order chi connectivity index (χ0) is 13.5. The molecule has 1 unspecified atom stereocenters. The highest BCUT2D eigenvalue weighted by atomic mass is 16.3. The zero-order valence-corrected chi connectivity index (χ0v) is 12.5. The topological polar surface area (TPSA) is 28.4 Å². The summed E-state index contributed by atoms with van der Waals surface area (Å²) < 4.78 is 5.65. The standard InChI is InChI=1S/C16H28N2O/c1-3-5-14-6-4-8-18(9-7-14)12-16-10-15(11-17-2)13-19-16/h10,13-14,17H,3-9,11-12H2,1-2H3. The van der Waals surface area contributed by atoms with Crippen molar-refractivity contribution in [1.82, 2.24) is 10.2 Å². The summed E-state index contributed by atoms with van der Waals surface area (Å²) in [5, 5.41) is 3.16. The molecule has 3 nitrogen and oxygen atoms in total. The first kappa shape index (κ1) is 14.6. The largest absolute Gasteiger partial charge is 0.468 e. The summed E-state index contributed by atoms with van der Waals surface area (Å²) in [6.07, 6.45) is 8.72. The molecule has 1 N–H and O–H groups in total. The monoisotopic (exact) mass is 264 g/mol. The summed E-state index contributed by atoms with van der Waals surface area (Å²) in [4.78, 5) is 2.55.